The van der Waals surface area contributed by atoms with Crippen LogP contribution in [-0.4, -0.2) is 19.5 Å². The molecule has 4 saturated carbocycles. The highest BCUT2D eigenvalue weighted by Crippen LogP contribution is 2.65. The van der Waals surface area contributed by atoms with Crippen molar-refractivity contribution in [3.05, 3.63) is 51.6 Å². The van der Waals surface area contributed by atoms with Crippen molar-refractivity contribution in [3.63, 3.8) is 0 Å². The summed E-state index contributed by atoms with van der Waals surface area (Å²) in [5.41, 5.74) is 0.758. The highest BCUT2D eigenvalue weighted by Gasteiger charge is 2.59. The Bertz CT molecular complexity index is 1280. The van der Waals surface area contributed by atoms with Crippen molar-refractivity contribution in [2.75, 3.05) is 5.32 Å². The molecule has 2 heterocycles. The normalized spacial score (nSPS) is 27.7. The summed E-state index contributed by atoms with van der Waals surface area (Å²) < 4.78 is 40.1. The standard InChI is InChI=1S/C25H28F3N5O/c1-2-7-33-21(34)19-20(31-22(30-19)24-11-15-8-16(12-24)10-18(24)9-15)32-23(33)29-13-14-3-5-17(6-4-14)25(26,27)28/h3-6,15-16,18H,2,7-13H2,1H3,(H,29,32)(H,30,31). The Hall–Kier alpha value is -2.84. The fraction of sp³-hybridized carbons (Fsp3) is 0.560. The van der Waals surface area contributed by atoms with Crippen LogP contribution in [0.3, 0.4) is 0 Å². The third-order valence-corrected chi connectivity index (χ3v) is 8.25. The van der Waals surface area contributed by atoms with Gasteiger partial charge in [-0.3, -0.25) is 9.36 Å². The predicted octanol–water partition coefficient (Wildman–Crippen LogP) is 5.24. The summed E-state index contributed by atoms with van der Waals surface area (Å²) >= 11 is 0. The van der Waals surface area contributed by atoms with E-state index in [2.05, 4.69) is 15.3 Å². The molecule has 1 aromatic carbocycles. The third kappa shape index (κ3) is 3.34. The number of hydrogen-bond donors (Lipinski definition) is 2. The number of rotatable bonds is 6. The molecule has 180 valence electrons. The zero-order chi connectivity index (χ0) is 23.7. The molecule has 2 atom stereocenters. The average Bonchev–Trinajstić information content (AvgIpc) is 3.41. The fourth-order valence-electron chi connectivity index (χ4n) is 6.96. The molecule has 6 nitrogen and oxygen atoms in total. The van der Waals surface area contributed by atoms with Crippen molar-refractivity contribution in [2.45, 2.75) is 70.1 Å². The van der Waals surface area contributed by atoms with Crippen LogP contribution in [0, 0.1) is 17.8 Å². The van der Waals surface area contributed by atoms with Gasteiger partial charge in [0.15, 0.2) is 11.2 Å². The predicted molar refractivity (Wildman–Crippen MR) is 122 cm³/mol. The molecule has 7 rings (SSSR count). The van der Waals surface area contributed by atoms with E-state index in [1.54, 1.807) is 4.57 Å². The summed E-state index contributed by atoms with van der Waals surface area (Å²) in [6.45, 7) is 2.73. The molecule has 2 N–H and O–H groups in total. The van der Waals surface area contributed by atoms with Gasteiger partial charge >= 0.3 is 6.18 Å². The first-order valence-corrected chi connectivity index (χ1v) is 12.2. The zero-order valence-electron chi connectivity index (χ0n) is 19.1. The lowest BCUT2D eigenvalue weighted by molar-refractivity contribution is -0.137. The molecular weight excluding hydrogens is 443 g/mol. The molecule has 4 aliphatic carbocycles. The van der Waals surface area contributed by atoms with Crippen LogP contribution in [0.25, 0.3) is 11.2 Å². The van der Waals surface area contributed by atoms with Gasteiger partial charge in [0, 0.05) is 18.5 Å². The summed E-state index contributed by atoms with van der Waals surface area (Å²) in [6, 6.07) is 5.01. The smallest absolute Gasteiger partial charge is 0.351 e. The van der Waals surface area contributed by atoms with Gasteiger partial charge < -0.3 is 10.3 Å². The molecule has 9 heteroatoms. The molecule has 0 radical (unpaired) electrons. The number of nitrogens with zero attached hydrogens (tertiary/aromatic N) is 3. The highest BCUT2D eigenvalue weighted by atomic mass is 19.4. The first-order valence-electron chi connectivity index (χ1n) is 12.2. The number of anilines is 1. The molecule has 0 amide bonds. The maximum atomic E-state index is 13.4. The van der Waals surface area contributed by atoms with E-state index < -0.39 is 11.7 Å². The van der Waals surface area contributed by atoms with Crippen LogP contribution in [0.4, 0.5) is 19.1 Å². The van der Waals surface area contributed by atoms with Crippen molar-refractivity contribution >= 4 is 17.1 Å². The van der Waals surface area contributed by atoms with Gasteiger partial charge in [-0.2, -0.15) is 18.2 Å². The molecule has 2 unspecified atom stereocenters. The van der Waals surface area contributed by atoms with E-state index in [1.165, 1.54) is 31.4 Å². The van der Waals surface area contributed by atoms with E-state index in [0.717, 1.165) is 49.1 Å². The van der Waals surface area contributed by atoms with E-state index in [-0.39, 0.29) is 17.5 Å². The molecule has 0 spiro atoms. The van der Waals surface area contributed by atoms with Crippen LogP contribution >= 0.6 is 0 Å². The number of H-pyrrole nitrogens is 1. The van der Waals surface area contributed by atoms with Gasteiger partial charge in [0.2, 0.25) is 5.95 Å². The van der Waals surface area contributed by atoms with Crippen LogP contribution in [0.15, 0.2) is 29.1 Å². The largest absolute Gasteiger partial charge is 0.416 e. The molecule has 0 aliphatic heterocycles. The lowest BCUT2D eigenvalue weighted by atomic mass is 9.75. The fourth-order valence-corrected chi connectivity index (χ4v) is 6.96. The van der Waals surface area contributed by atoms with Crippen molar-refractivity contribution in [2.24, 2.45) is 17.8 Å². The number of benzene rings is 1. The lowest BCUT2D eigenvalue weighted by Gasteiger charge is -2.30. The third-order valence-electron chi connectivity index (χ3n) is 8.25. The SMILES string of the molecule is CCCn1c(NCc2ccc(C(F)(F)F)cc2)nc2nc(C34CC5CC(CC3C5)C4)[nH]c2c1=O. The van der Waals surface area contributed by atoms with Crippen molar-refractivity contribution in [3.8, 4) is 0 Å². The number of nitrogens with one attached hydrogen (secondary N) is 2. The minimum Gasteiger partial charge on any atom is -0.351 e. The topological polar surface area (TPSA) is 75.6 Å². The quantitative estimate of drug-likeness (QED) is 0.516. The van der Waals surface area contributed by atoms with Crippen LogP contribution in [0.5, 0.6) is 0 Å². The summed E-state index contributed by atoms with van der Waals surface area (Å²) in [7, 11) is 0. The van der Waals surface area contributed by atoms with Crippen LogP contribution in [0.1, 0.15) is 62.4 Å². The number of imidazole rings is 1. The Kier molecular flexibility index (Phi) is 4.83. The first kappa shape index (κ1) is 21.7. The highest BCUT2D eigenvalue weighted by molar-refractivity contribution is 5.71. The Morgan fingerprint density at radius 1 is 1.12 bits per heavy atom. The summed E-state index contributed by atoms with van der Waals surface area (Å²) in [6.07, 6.45) is 2.54. The minimum atomic E-state index is -4.37. The van der Waals surface area contributed by atoms with Gasteiger partial charge in [0.1, 0.15) is 5.82 Å². The number of alkyl halides is 3. The Labute approximate surface area is 195 Å². The second kappa shape index (κ2) is 7.58. The zero-order valence-corrected chi connectivity index (χ0v) is 19.1. The van der Waals surface area contributed by atoms with Gasteiger partial charge in [0.05, 0.1) is 5.56 Å². The molecule has 4 fully saturated rings. The number of hydrogen-bond acceptors (Lipinski definition) is 4. The Balaban J connectivity index is 1.32. The molecule has 3 aromatic rings. The minimum absolute atomic E-state index is 0.0597. The van der Waals surface area contributed by atoms with Crippen molar-refractivity contribution in [1.82, 2.24) is 19.5 Å². The van der Waals surface area contributed by atoms with Gasteiger partial charge in [-0.15, -0.1) is 0 Å². The van der Waals surface area contributed by atoms with E-state index >= 15 is 0 Å². The first-order chi connectivity index (χ1) is 16.3. The molecular formula is C25H28F3N5O. The van der Waals surface area contributed by atoms with Crippen molar-refractivity contribution in [1.29, 1.82) is 0 Å². The number of aromatic nitrogens is 4. The monoisotopic (exact) mass is 471 g/mol. The van der Waals surface area contributed by atoms with Crippen LogP contribution in [-0.2, 0) is 24.7 Å². The van der Waals surface area contributed by atoms with E-state index in [1.807, 2.05) is 6.92 Å². The van der Waals surface area contributed by atoms with Gasteiger partial charge in [0.25, 0.3) is 5.56 Å². The number of aromatic amines is 1. The Morgan fingerprint density at radius 3 is 2.47 bits per heavy atom. The average molecular weight is 472 g/mol. The second-order valence-corrected chi connectivity index (χ2v) is 10.4. The van der Waals surface area contributed by atoms with E-state index in [0.29, 0.717) is 35.1 Å². The maximum absolute atomic E-state index is 13.4. The molecule has 4 bridgehead atoms. The number of fused-ring (bicyclic) bond motifs is 1. The molecule has 34 heavy (non-hydrogen) atoms. The van der Waals surface area contributed by atoms with E-state index in [4.69, 9.17) is 4.98 Å². The molecule has 2 aromatic heterocycles. The van der Waals surface area contributed by atoms with Crippen LogP contribution < -0.4 is 10.9 Å². The van der Waals surface area contributed by atoms with Crippen LogP contribution in [0.2, 0.25) is 0 Å². The Morgan fingerprint density at radius 2 is 1.82 bits per heavy atom. The lowest BCUT2D eigenvalue weighted by Crippen LogP contribution is -2.29. The van der Waals surface area contributed by atoms with Gasteiger partial charge in [-0.05, 0) is 74.0 Å². The second-order valence-electron chi connectivity index (χ2n) is 10.4. The summed E-state index contributed by atoms with van der Waals surface area (Å²) in [5.74, 6) is 3.51. The molecule has 0 saturated heterocycles. The van der Waals surface area contributed by atoms with Crippen molar-refractivity contribution < 1.29 is 13.2 Å². The van der Waals surface area contributed by atoms with Gasteiger partial charge in [-0.25, -0.2) is 4.98 Å². The van der Waals surface area contributed by atoms with Gasteiger partial charge in [-0.1, -0.05) is 19.1 Å². The summed E-state index contributed by atoms with van der Waals surface area (Å²) in [5, 5.41) is 3.16. The molecule has 4 aliphatic rings. The number of halogens is 3. The maximum Gasteiger partial charge on any atom is 0.416 e. The van der Waals surface area contributed by atoms with E-state index in [9.17, 15) is 18.0 Å². The summed E-state index contributed by atoms with van der Waals surface area (Å²) in [4.78, 5) is 26.3.